The lowest BCUT2D eigenvalue weighted by molar-refractivity contribution is -0.121. The summed E-state index contributed by atoms with van der Waals surface area (Å²) in [7, 11) is 1.68. The molecule has 1 aromatic rings. The van der Waals surface area contributed by atoms with Gasteiger partial charge in [-0.15, -0.1) is 0 Å². The molecule has 20 heavy (non-hydrogen) atoms. The Morgan fingerprint density at radius 2 is 1.95 bits per heavy atom. The third kappa shape index (κ3) is 6.68. The molecule has 1 aromatic carbocycles. The van der Waals surface area contributed by atoms with E-state index in [1.165, 1.54) is 5.56 Å². The molecule has 4 nitrogen and oxygen atoms in total. The van der Waals surface area contributed by atoms with E-state index in [1.54, 1.807) is 7.11 Å². The number of methoxy groups -OCH3 is 1. The average molecular weight is 278 g/mol. The fraction of sp³-hybridized carbons (Fsp3) is 0.562. The van der Waals surface area contributed by atoms with E-state index in [0.717, 1.165) is 19.5 Å². The summed E-state index contributed by atoms with van der Waals surface area (Å²) >= 11 is 0. The highest BCUT2D eigenvalue weighted by Crippen LogP contribution is 2.22. The van der Waals surface area contributed by atoms with Crippen LogP contribution < -0.4 is 10.6 Å². The van der Waals surface area contributed by atoms with Crippen molar-refractivity contribution in [3.8, 4) is 0 Å². The minimum Gasteiger partial charge on any atom is -0.383 e. The zero-order chi connectivity index (χ0) is 14.6. The average Bonchev–Trinajstić information content (AvgIpc) is 2.49. The van der Waals surface area contributed by atoms with Crippen LogP contribution in [0.15, 0.2) is 30.3 Å². The number of carbonyl (C=O) groups is 1. The van der Waals surface area contributed by atoms with E-state index in [-0.39, 0.29) is 5.91 Å². The molecule has 0 spiro atoms. The van der Waals surface area contributed by atoms with Crippen LogP contribution in [-0.2, 0) is 9.53 Å². The minimum absolute atomic E-state index is 0.120. The molecule has 1 unspecified atom stereocenters. The lowest BCUT2D eigenvalue weighted by Crippen LogP contribution is -2.33. The van der Waals surface area contributed by atoms with Crippen LogP contribution in [0.3, 0.4) is 0 Å². The van der Waals surface area contributed by atoms with Crippen molar-refractivity contribution >= 4 is 5.91 Å². The number of nitrogens with one attached hydrogen (secondary N) is 2. The summed E-state index contributed by atoms with van der Waals surface area (Å²) in [4.78, 5) is 11.9. The van der Waals surface area contributed by atoms with Gasteiger partial charge in [0.05, 0.1) is 6.61 Å². The molecule has 0 saturated carbocycles. The highest BCUT2D eigenvalue weighted by Gasteiger charge is 2.13. The van der Waals surface area contributed by atoms with Crippen LogP contribution in [0.4, 0.5) is 0 Å². The predicted octanol–water partition coefficient (Wildman–Crippen LogP) is 1.92. The van der Waals surface area contributed by atoms with Crippen molar-refractivity contribution in [2.75, 3.05) is 33.4 Å². The van der Waals surface area contributed by atoms with Gasteiger partial charge < -0.3 is 15.4 Å². The van der Waals surface area contributed by atoms with Crippen LogP contribution in [0.25, 0.3) is 0 Å². The zero-order valence-electron chi connectivity index (χ0n) is 12.5. The van der Waals surface area contributed by atoms with Crippen LogP contribution in [0, 0.1) is 0 Å². The standard InChI is InChI=1S/C16H26N2O2/c1-3-14(15-7-5-4-6-8-15)13-16(19)18-10-9-17-11-12-20-2/h4-8,14,17H,3,9-13H2,1-2H3,(H,18,19). The molecule has 0 heterocycles. The topological polar surface area (TPSA) is 50.4 Å². The summed E-state index contributed by atoms with van der Waals surface area (Å²) in [5.41, 5.74) is 1.24. The van der Waals surface area contributed by atoms with Crippen molar-refractivity contribution in [1.29, 1.82) is 0 Å². The highest BCUT2D eigenvalue weighted by atomic mass is 16.5. The summed E-state index contributed by atoms with van der Waals surface area (Å²) in [5, 5.41) is 6.15. The second kappa shape index (κ2) is 10.4. The van der Waals surface area contributed by atoms with Crippen LogP contribution in [0.5, 0.6) is 0 Å². The van der Waals surface area contributed by atoms with E-state index >= 15 is 0 Å². The van der Waals surface area contributed by atoms with Gasteiger partial charge >= 0.3 is 0 Å². The van der Waals surface area contributed by atoms with E-state index in [1.807, 2.05) is 18.2 Å². The van der Waals surface area contributed by atoms with Crippen molar-refractivity contribution < 1.29 is 9.53 Å². The molecule has 1 rings (SSSR count). The molecular weight excluding hydrogens is 252 g/mol. The Morgan fingerprint density at radius 1 is 1.20 bits per heavy atom. The molecule has 0 saturated heterocycles. The summed E-state index contributed by atoms with van der Waals surface area (Å²) in [6.07, 6.45) is 1.53. The van der Waals surface area contributed by atoms with Gasteiger partial charge in [0.15, 0.2) is 0 Å². The molecule has 2 N–H and O–H groups in total. The van der Waals surface area contributed by atoms with Gasteiger partial charge in [0.1, 0.15) is 0 Å². The first kappa shape index (κ1) is 16.7. The molecule has 0 aromatic heterocycles. The van der Waals surface area contributed by atoms with E-state index in [2.05, 4.69) is 29.7 Å². The summed E-state index contributed by atoms with van der Waals surface area (Å²) in [6.45, 7) is 5.07. The maximum absolute atomic E-state index is 11.9. The minimum atomic E-state index is 0.120. The van der Waals surface area contributed by atoms with Crippen molar-refractivity contribution in [1.82, 2.24) is 10.6 Å². The number of hydrogen-bond donors (Lipinski definition) is 2. The van der Waals surface area contributed by atoms with Crippen molar-refractivity contribution in [2.24, 2.45) is 0 Å². The maximum Gasteiger partial charge on any atom is 0.220 e. The van der Waals surface area contributed by atoms with Crippen molar-refractivity contribution in [3.05, 3.63) is 35.9 Å². The van der Waals surface area contributed by atoms with Gasteiger partial charge in [0, 0.05) is 33.2 Å². The third-order valence-corrected chi connectivity index (χ3v) is 3.30. The fourth-order valence-corrected chi connectivity index (χ4v) is 2.11. The van der Waals surface area contributed by atoms with Crippen LogP contribution in [-0.4, -0.2) is 39.3 Å². The van der Waals surface area contributed by atoms with Gasteiger partial charge in [-0.1, -0.05) is 37.3 Å². The molecule has 0 aliphatic carbocycles. The third-order valence-electron chi connectivity index (χ3n) is 3.30. The van der Waals surface area contributed by atoms with Gasteiger partial charge in [-0.25, -0.2) is 0 Å². The van der Waals surface area contributed by atoms with E-state index < -0.39 is 0 Å². The number of hydrogen-bond acceptors (Lipinski definition) is 3. The highest BCUT2D eigenvalue weighted by molar-refractivity contribution is 5.76. The van der Waals surface area contributed by atoms with E-state index in [4.69, 9.17) is 4.74 Å². The normalized spacial score (nSPS) is 12.1. The predicted molar refractivity (Wildman–Crippen MR) is 81.8 cm³/mol. The first-order valence-corrected chi connectivity index (χ1v) is 7.29. The Balaban J connectivity index is 2.23. The van der Waals surface area contributed by atoms with Gasteiger partial charge in [0.25, 0.3) is 0 Å². The second-order valence-corrected chi connectivity index (χ2v) is 4.81. The van der Waals surface area contributed by atoms with E-state index in [0.29, 0.717) is 25.5 Å². The van der Waals surface area contributed by atoms with Gasteiger partial charge in [-0.05, 0) is 17.9 Å². The number of benzene rings is 1. The van der Waals surface area contributed by atoms with Crippen molar-refractivity contribution in [2.45, 2.75) is 25.7 Å². The molecule has 0 aliphatic heterocycles. The Labute approximate surface area is 121 Å². The van der Waals surface area contributed by atoms with E-state index in [9.17, 15) is 4.79 Å². The monoisotopic (exact) mass is 278 g/mol. The first-order chi connectivity index (χ1) is 9.77. The molecule has 0 fully saturated rings. The Kier molecular flexibility index (Phi) is 8.67. The van der Waals surface area contributed by atoms with Crippen LogP contribution in [0.2, 0.25) is 0 Å². The van der Waals surface area contributed by atoms with Gasteiger partial charge in [-0.2, -0.15) is 0 Å². The Bertz CT molecular complexity index is 368. The maximum atomic E-state index is 11.9. The molecule has 4 heteroatoms. The zero-order valence-corrected chi connectivity index (χ0v) is 12.5. The lowest BCUT2D eigenvalue weighted by atomic mass is 9.93. The lowest BCUT2D eigenvalue weighted by Gasteiger charge is -2.15. The second-order valence-electron chi connectivity index (χ2n) is 4.81. The number of amides is 1. The largest absolute Gasteiger partial charge is 0.383 e. The smallest absolute Gasteiger partial charge is 0.220 e. The van der Waals surface area contributed by atoms with Gasteiger partial charge in [0.2, 0.25) is 5.91 Å². The summed E-state index contributed by atoms with van der Waals surface area (Å²) in [5.74, 6) is 0.423. The molecule has 1 amide bonds. The van der Waals surface area contributed by atoms with Crippen molar-refractivity contribution in [3.63, 3.8) is 0 Å². The molecule has 0 aliphatic rings. The number of carbonyl (C=O) groups excluding carboxylic acids is 1. The first-order valence-electron chi connectivity index (χ1n) is 7.29. The number of ether oxygens (including phenoxy) is 1. The molecule has 112 valence electrons. The Morgan fingerprint density at radius 3 is 2.60 bits per heavy atom. The fourth-order valence-electron chi connectivity index (χ4n) is 2.11. The summed E-state index contributed by atoms with van der Waals surface area (Å²) < 4.78 is 4.94. The number of rotatable bonds is 10. The van der Waals surface area contributed by atoms with Gasteiger partial charge in [-0.3, -0.25) is 4.79 Å². The molecular formula is C16H26N2O2. The van der Waals surface area contributed by atoms with Crippen LogP contribution >= 0.6 is 0 Å². The molecule has 1 atom stereocenters. The van der Waals surface area contributed by atoms with Crippen LogP contribution in [0.1, 0.15) is 31.2 Å². The SMILES string of the molecule is CCC(CC(=O)NCCNCCOC)c1ccccc1. The summed E-state index contributed by atoms with van der Waals surface area (Å²) in [6, 6.07) is 10.2. The molecule has 0 radical (unpaired) electrons. The quantitative estimate of drug-likeness (QED) is 0.643. The molecule has 0 bridgehead atoms. The Hall–Kier alpha value is -1.39.